The fourth-order valence-electron chi connectivity index (χ4n) is 2.22. The molecule has 1 heterocycles. The molecule has 6 heteroatoms. The van der Waals surface area contributed by atoms with Gasteiger partial charge >= 0.3 is 6.03 Å². The fourth-order valence-corrected chi connectivity index (χ4v) is 3.08. The van der Waals surface area contributed by atoms with Crippen molar-refractivity contribution in [2.75, 3.05) is 5.32 Å². The van der Waals surface area contributed by atoms with Crippen LogP contribution in [0.2, 0.25) is 0 Å². The van der Waals surface area contributed by atoms with E-state index in [1.54, 1.807) is 11.3 Å². The van der Waals surface area contributed by atoms with Crippen LogP contribution in [0.25, 0.3) is 0 Å². The summed E-state index contributed by atoms with van der Waals surface area (Å²) in [7, 11) is 0. The fraction of sp³-hybridized carbons (Fsp3) is 0.294. The highest BCUT2D eigenvalue weighted by Crippen LogP contribution is 2.21. The molecule has 2 rings (SSSR count). The average molecular weight is 331 g/mol. The molecule has 0 aliphatic rings. The first kappa shape index (κ1) is 17.0. The molecule has 0 saturated carbocycles. The molecule has 3 N–H and O–H groups in total. The Morgan fingerprint density at radius 1 is 1.22 bits per heavy atom. The zero-order valence-corrected chi connectivity index (χ0v) is 14.1. The van der Waals surface area contributed by atoms with Gasteiger partial charge in [-0.3, -0.25) is 4.79 Å². The SMILES string of the molecule is CCC(NC(=O)NCc1cccc(NC(C)=O)c1)c1cccs1. The zero-order valence-electron chi connectivity index (χ0n) is 13.3. The molecule has 1 unspecified atom stereocenters. The Morgan fingerprint density at radius 2 is 2.04 bits per heavy atom. The molecule has 1 atom stereocenters. The highest BCUT2D eigenvalue weighted by Gasteiger charge is 2.13. The van der Waals surface area contributed by atoms with Crippen molar-refractivity contribution in [2.24, 2.45) is 0 Å². The lowest BCUT2D eigenvalue weighted by Crippen LogP contribution is -2.37. The van der Waals surface area contributed by atoms with Crippen LogP contribution in [0.4, 0.5) is 10.5 Å². The number of hydrogen-bond donors (Lipinski definition) is 3. The van der Waals surface area contributed by atoms with Crippen molar-refractivity contribution in [3.63, 3.8) is 0 Å². The van der Waals surface area contributed by atoms with Gasteiger partial charge in [-0.25, -0.2) is 4.79 Å². The maximum atomic E-state index is 12.1. The molecule has 0 aliphatic carbocycles. The van der Waals surface area contributed by atoms with E-state index in [4.69, 9.17) is 0 Å². The van der Waals surface area contributed by atoms with Gasteiger partial charge in [0.15, 0.2) is 0 Å². The lowest BCUT2D eigenvalue weighted by Gasteiger charge is -2.16. The van der Waals surface area contributed by atoms with Gasteiger partial charge in [0, 0.05) is 24.0 Å². The molecule has 0 radical (unpaired) electrons. The van der Waals surface area contributed by atoms with Crippen LogP contribution in [0.1, 0.15) is 36.8 Å². The minimum absolute atomic E-state index is 0.0284. The molecule has 1 aromatic heterocycles. The van der Waals surface area contributed by atoms with E-state index >= 15 is 0 Å². The van der Waals surface area contributed by atoms with Gasteiger partial charge < -0.3 is 16.0 Å². The minimum Gasteiger partial charge on any atom is -0.334 e. The number of urea groups is 1. The Labute approximate surface area is 140 Å². The summed E-state index contributed by atoms with van der Waals surface area (Å²) < 4.78 is 0. The van der Waals surface area contributed by atoms with Crippen LogP contribution < -0.4 is 16.0 Å². The van der Waals surface area contributed by atoms with Gasteiger partial charge in [-0.1, -0.05) is 25.1 Å². The van der Waals surface area contributed by atoms with Crippen LogP contribution in [0.5, 0.6) is 0 Å². The monoisotopic (exact) mass is 331 g/mol. The topological polar surface area (TPSA) is 70.2 Å². The molecule has 1 aromatic carbocycles. The Balaban J connectivity index is 1.87. The van der Waals surface area contributed by atoms with E-state index in [2.05, 4.69) is 16.0 Å². The largest absolute Gasteiger partial charge is 0.334 e. The van der Waals surface area contributed by atoms with Crippen LogP contribution in [0, 0.1) is 0 Å². The first-order chi connectivity index (χ1) is 11.1. The van der Waals surface area contributed by atoms with Crippen LogP contribution in [-0.2, 0) is 11.3 Å². The van der Waals surface area contributed by atoms with Gasteiger partial charge in [-0.05, 0) is 35.6 Å². The molecule has 0 saturated heterocycles. The van der Waals surface area contributed by atoms with E-state index in [0.717, 1.165) is 22.5 Å². The molecular weight excluding hydrogens is 310 g/mol. The van der Waals surface area contributed by atoms with Crippen molar-refractivity contribution >= 4 is 29.0 Å². The van der Waals surface area contributed by atoms with E-state index in [1.807, 2.05) is 48.7 Å². The number of thiophene rings is 1. The number of amides is 3. The maximum Gasteiger partial charge on any atom is 0.315 e. The van der Waals surface area contributed by atoms with Gasteiger partial charge in [0.1, 0.15) is 0 Å². The number of benzene rings is 1. The van der Waals surface area contributed by atoms with E-state index in [9.17, 15) is 9.59 Å². The minimum atomic E-state index is -0.199. The van der Waals surface area contributed by atoms with Crippen molar-refractivity contribution in [3.8, 4) is 0 Å². The first-order valence-corrected chi connectivity index (χ1v) is 8.40. The molecule has 5 nitrogen and oxygen atoms in total. The molecular formula is C17H21N3O2S. The van der Waals surface area contributed by atoms with Gasteiger partial charge in [-0.2, -0.15) is 0 Å². The second-order valence-electron chi connectivity index (χ2n) is 5.18. The molecule has 122 valence electrons. The van der Waals surface area contributed by atoms with Crippen LogP contribution >= 0.6 is 11.3 Å². The summed E-state index contributed by atoms with van der Waals surface area (Å²) in [6, 6.07) is 11.2. The first-order valence-electron chi connectivity index (χ1n) is 7.52. The standard InChI is InChI=1S/C17H21N3O2S/c1-3-15(16-8-5-9-23-16)20-17(22)18-11-13-6-4-7-14(10-13)19-12(2)21/h4-10,15H,3,11H2,1-2H3,(H,19,21)(H2,18,20,22). The third kappa shape index (κ3) is 5.41. The van der Waals surface area contributed by atoms with Crippen LogP contribution in [-0.4, -0.2) is 11.9 Å². The van der Waals surface area contributed by atoms with Crippen LogP contribution in [0.3, 0.4) is 0 Å². The zero-order chi connectivity index (χ0) is 16.7. The predicted octanol–water partition coefficient (Wildman–Crippen LogP) is 3.66. The number of hydrogen-bond acceptors (Lipinski definition) is 3. The number of carbonyl (C=O) groups excluding carboxylic acids is 2. The van der Waals surface area contributed by atoms with E-state index < -0.39 is 0 Å². The van der Waals surface area contributed by atoms with E-state index in [-0.39, 0.29) is 18.0 Å². The Kier molecular flexibility index (Phi) is 6.17. The molecule has 3 amide bonds. The Hall–Kier alpha value is -2.34. The van der Waals surface area contributed by atoms with Crippen molar-refractivity contribution in [2.45, 2.75) is 32.9 Å². The third-order valence-corrected chi connectivity index (χ3v) is 4.29. The van der Waals surface area contributed by atoms with Crippen molar-refractivity contribution in [3.05, 3.63) is 52.2 Å². The van der Waals surface area contributed by atoms with Gasteiger partial charge in [-0.15, -0.1) is 11.3 Å². The van der Waals surface area contributed by atoms with E-state index in [1.165, 1.54) is 6.92 Å². The van der Waals surface area contributed by atoms with Crippen molar-refractivity contribution < 1.29 is 9.59 Å². The lowest BCUT2D eigenvalue weighted by molar-refractivity contribution is -0.114. The molecule has 0 spiro atoms. The summed E-state index contributed by atoms with van der Waals surface area (Å²) in [6.45, 7) is 3.91. The average Bonchev–Trinajstić information content (AvgIpc) is 3.04. The summed E-state index contributed by atoms with van der Waals surface area (Å²) in [5.41, 5.74) is 1.65. The summed E-state index contributed by atoms with van der Waals surface area (Å²) in [5, 5.41) is 10.6. The number of anilines is 1. The Bertz CT molecular complexity index is 656. The van der Waals surface area contributed by atoms with Crippen molar-refractivity contribution in [1.29, 1.82) is 0 Å². The summed E-state index contributed by atoms with van der Waals surface area (Å²) >= 11 is 1.64. The quantitative estimate of drug-likeness (QED) is 0.756. The third-order valence-electron chi connectivity index (χ3n) is 3.30. The number of rotatable bonds is 6. The van der Waals surface area contributed by atoms with Gasteiger partial charge in [0.25, 0.3) is 0 Å². The smallest absolute Gasteiger partial charge is 0.315 e. The number of carbonyl (C=O) groups is 2. The highest BCUT2D eigenvalue weighted by atomic mass is 32.1. The summed E-state index contributed by atoms with van der Waals surface area (Å²) in [6.07, 6.45) is 0.839. The summed E-state index contributed by atoms with van der Waals surface area (Å²) in [4.78, 5) is 24.3. The van der Waals surface area contributed by atoms with Gasteiger partial charge in [0.05, 0.1) is 6.04 Å². The van der Waals surface area contributed by atoms with Gasteiger partial charge in [0.2, 0.25) is 5.91 Å². The predicted molar refractivity (Wildman–Crippen MR) is 93.5 cm³/mol. The molecule has 2 aromatic rings. The summed E-state index contributed by atoms with van der Waals surface area (Å²) in [5.74, 6) is -0.116. The second-order valence-corrected chi connectivity index (χ2v) is 6.16. The molecule has 0 fully saturated rings. The lowest BCUT2D eigenvalue weighted by atomic mass is 10.2. The molecule has 23 heavy (non-hydrogen) atoms. The number of nitrogens with one attached hydrogen (secondary N) is 3. The Morgan fingerprint density at radius 3 is 2.70 bits per heavy atom. The second kappa shape index (κ2) is 8.33. The molecule has 0 bridgehead atoms. The highest BCUT2D eigenvalue weighted by molar-refractivity contribution is 7.10. The van der Waals surface area contributed by atoms with Crippen LogP contribution in [0.15, 0.2) is 41.8 Å². The molecule has 0 aliphatic heterocycles. The normalized spacial score (nSPS) is 11.6. The maximum absolute atomic E-state index is 12.1. The van der Waals surface area contributed by atoms with Crippen molar-refractivity contribution in [1.82, 2.24) is 10.6 Å². The van der Waals surface area contributed by atoms with E-state index in [0.29, 0.717) is 6.54 Å².